The van der Waals surface area contributed by atoms with E-state index in [1.165, 1.54) is 0 Å². The van der Waals surface area contributed by atoms with Gasteiger partial charge in [-0.2, -0.15) is 0 Å². The molecule has 0 radical (unpaired) electrons. The zero-order valence-electron chi connectivity index (χ0n) is 9.52. The molecule has 0 unspecified atom stereocenters. The van der Waals surface area contributed by atoms with Gasteiger partial charge in [0.15, 0.2) is 0 Å². The molecule has 3 heteroatoms. The first kappa shape index (κ1) is 12.7. The molecule has 0 rings (SSSR count). The summed E-state index contributed by atoms with van der Waals surface area (Å²) in [5.74, 6) is 0.607. The van der Waals surface area contributed by atoms with Crippen molar-refractivity contribution in [3.8, 4) is 0 Å². The van der Waals surface area contributed by atoms with Gasteiger partial charge in [-0.15, -0.1) is 0 Å². The average Bonchev–Trinajstić information content (AvgIpc) is 1.81. The Kier molecular flexibility index (Phi) is 5.29. The Labute approximate surface area is 82.8 Å². The lowest BCUT2D eigenvalue weighted by Gasteiger charge is -2.24. The van der Waals surface area contributed by atoms with E-state index in [1.54, 1.807) is 0 Å². The number of rotatable bonds is 5. The summed E-state index contributed by atoms with van der Waals surface area (Å²) in [5, 5.41) is 0. The highest BCUT2D eigenvalue weighted by Gasteiger charge is 2.27. The maximum absolute atomic E-state index is 11.3. The Balaban J connectivity index is 3.93. The molecule has 0 aromatic rings. The number of hydrogen-bond donors (Lipinski definition) is 0. The van der Waals surface area contributed by atoms with Crippen LogP contribution in [-0.2, 0) is 9.22 Å². The van der Waals surface area contributed by atoms with Crippen LogP contribution >= 0.6 is 0 Å². The molecule has 0 fully saturated rings. The molecule has 0 atom stereocenters. The van der Waals surface area contributed by atoms with Crippen LogP contribution in [0.15, 0.2) is 0 Å². The van der Waals surface area contributed by atoms with E-state index >= 15 is 0 Å². The molecule has 0 heterocycles. The first-order valence-corrected chi connectivity index (χ1v) is 8.20. The van der Waals surface area contributed by atoms with E-state index in [0.29, 0.717) is 12.3 Å². The third-order valence-electron chi connectivity index (χ3n) is 1.74. The van der Waals surface area contributed by atoms with Crippen LogP contribution in [0.4, 0.5) is 0 Å². The fraction of sp³-hybridized carbons (Fsp3) is 0.900. The van der Waals surface area contributed by atoms with Gasteiger partial charge in [0.05, 0.1) is 0 Å². The highest BCUT2D eigenvalue weighted by Crippen LogP contribution is 2.18. The Morgan fingerprint density at radius 1 is 1.38 bits per heavy atom. The molecule has 2 nitrogen and oxygen atoms in total. The molecule has 0 aromatic heterocycles. The van der Waals surface area contributed by atoms with Gasteiger partial charge in [0.25, 0.3) is 5.97 Å². The van der Waals surface area contributed by atoms with Crippen LogP contribution in [-0.4, -0.2) is 14.3 Å². The van der Waals surface area contributed by atoms with E-state index in [-0.39, 0.29) is 5.97 Å². The first-order chi connectivity index (χ1) is 5.87. The van der Waals surface area contributed by atoms with Gasteiger partial charge in [-0.25, -0.2) is 0 Å². The third-order valence-corrected chi connectivity index (χ3v) is 4.32. The van der Waals surface area contributed by atoms with Crippen molar-refractivity contribution >= 4 is 14.3 Å². The lowest BCUT2D eigenvalue weighted by molar-refractivity contribution is -0.135. The summed E-state index contributed by atoms with van der Waals surface area (Å²) < 4.78 is 5.49. The summed E-state index contributed by atoms with van der Waals surface area (Å²) >= 11 is 0. The summed E-state index contributed by atoms with van der Waals surface area (Å²) in [6.07, 6.45) is 1.44. The highest BCUT2D eigenvalue weighted by molar-refractivity contribution is 6.72. The Morgan fingerprint density at radius 2 is 1.92 bits per heavy atom. The quantitative estimate of drug-likeness (QED) is 0.640. The van der Waals surface area contributed by atoms with Crippen molar-refractivity contribution in [2.75, 3.05) is 0 Å². The fourth-order valence-electron chi connectivity index (χ4n) is 1.59. The van der Waals surface area contributed by atoms with Crippen LogP contribution < -0.4 is 0 Å². The van der Waals surface area contributed by atoms with Gasteiger partial charge in [-0.3, -0.25) is 4.79 Å². The van der Waals surface area contributed by atoms with Crippen LogP contribution in [0.3, 0.4) is 0 Å². The SMILES string of the molecule is CCCC(=O)O[Si](C)(C)CC(C)C. The van der Waals surface area contributed by atoms with Gasteiger partial charge in [-0.05, 0) is 31.5 Å². The molecular weight excluding hydrogens is 180 g/mol. The lowest BCUT2D eigenvalue weighted by Crippen LogP contribution is -2.34. The van der Waals surface area contributed by atoms with Crippen molar-refractivity contribution in [1.29, 1.82) is 0 Å². The van der Waals surface area contributed by atoms with Crippen molar-refractivity contribution in [3.63, 3.8) is 0 Å². The molecule has 0 aliphatic rings. The van der Waals surface area contributed by atoms with Crippen molar-refractivity contribution in [3.05, 3.63) is 0 Å². The number of hydrogen-bond acceptors (Lipinski definition) is 2. The molecule has 0 N–H and O–H groups in total. The van der Waals surface area contributed by atoms with Crippen LogP contribution in [0.2, 0.25) is 19.1 Å². The second kappa shape index (κ2) is 5.42. The Bertz CT molecular complexity index is 164. The summed E-state index contributed by atoms with van der Waals surface area (Å²) in [6.45, 7) is 10.6. The van der Waals surface area contributed by atoms with E-state index in [4.69, 9.17) is 4.43 Å². The van der Waals surface area contributed by atoms with Crippen molar-refractivity contribution in [2.24, 2.45) is 5.92 Å². The van der Waals surface area contributed by atoms with Gasteiger partial charge < -0.3 is 4.43 Å². The van der Waals surface area contributed by atoms with E-state index in [1.807, 2.05) is 6.92 Å². The molecule has 13 heavy (non-hydrogen) atoms. The fourth-order valence-corrected chi connectivity index (χ4v) is 4.36. The third kappa shape index (κ3) is 6.81. The van der Waals surface area contributed by atoms with Crippen molar-refractivity contribution in [1.82, 2.24) is 0 Å². The van der Waals surface area contributed by atoms with E-state index in [9.17, 15) is 4.79 Å². The van der Waals surface area contributed by atoms with Gasteiger partial charge in [0.1, 0.15) is 0 Å². The molecule has 0 spiro atoms. The van der Waals surface area contributed by atoms with E-state index in [0.717, 1.165) is 12.5 Å². The largest absolute Gasteiger partial charge is 0.520 e. The Hall–Kier alpha value is -0.313. The average molecular weight is 202 g/mol. The van der Waals surface area contributed by atoms with Gasteiger partial charge in [-0.1, -0.05) is 20.8 Å². The topological polar surface area (TPSA) is 26.3 Å². The molecule has 0 saturated carbocycles. The summed E-state index contributed by atoms with van der Waals surface area (Å²) in [5.41, 5.74) is 0. The maximum atomic E-state index is 11.3. The van der Waals surface area contributed by atoms with Crippen LogP contribution in [0, 0.1) is 5.92 Å². The molecular formula is C10H22O2Si. The predicted molar refractivity (Wildman–Crippen MR) is 58.1 cm³/mol. The summed E-state index contributed by atoms with van der Waals surface area (Å²) in [4.78, 5) is 11.3. The summed E-state index contributed by atoms with van der Waals surface area (Å²) in [7, 11) is -1.72. The van der Waals surface area contributed by atoms with E-state index < -0.39 is 8.32 Å². The second-order valence-corrected chi connectivity index (χ2v) is 8.71. The zero-order valence-corrected chi connectivity index (χ0v) is 10.5. The molecule has 0 aliphatic heterocycles. The minimum Gasteiger partial charge on any atom is -0.520 e. The minimum atomic E-state index is -1.72. The van der Waals surface area contributed by atoms with Crippen LogP contribution in [0.1, 0.15) is 33.6 Å². The lowest BCUT2D eigenvalue weighted by atomic mass is 10.3. The first-order valence-electron chi connectivity index (χ1n) is 5.09. The van der Waals surface area contributed by atoms with Crippen molar-refractivity contribution in [2.45, 2.75) is 52.8 Å². The van der Waals surface area contributed by atoms with E-state index in [2.05, 4.69) is 26.9 Å². The smallest absolute Gasteiger partial charge is 0.292 e. The molecule has 0 amide bonds. The van der Waals surface area contributed by atoms with Crippen LogP contribution in [0.25, 0.3) is 0 Å². The molecule has 0 aromatic carbocycles. The monoisotopic (exact) mass is 202 g/mol. The zero-order chi connectivity index (χ0) is 10.5. The highest BCUT2D eigenvalue weighted by atomic mass is 28.4. The van der Waals surface area contributed by atoms with Crippen LogP contribution in [0.5, 0.6) is 0 Å². The normalized spacial score (nSPS) is 11.8. The minimum absolute atomic E-state index is 0.0141. The number of carbonyl (C=O) groups is 1. The molecule has 0 aliphatic carbocycles. The standard InChI is InChI=1S/C10H22O2Si/c1-6-7-10(11)12-13(4,5)8-9(2)3/h9H,6-8H2,1-5H3. The summed E-state index contributed by atoms with van der Waals surface area (Å²) in [6, 6.07) is 1.06. The van der Waals surface area contributed by atoms with Gasteiger partial charge in [0.2, 0.25) is 8.32 Å². The predicted octanol–water partition coefficient (Wildman–Crippen LogP) is 3.19. The van der Waals surface area contributed by atoms with Crippen molar-refractivity contribution < 1.29 is 9.22 Å². The second-order valence-electron chi connectivity index (χ2n) is 4.58. The molecule has 78 valence electrons. The maximum Gasteiger partial charge on any atom is 0.292 e. The van der Waals surface area contributed by atoms with Gasteiger partial charge >= 0.3 is 0 Å². The number of carbonyl (C=O) groups excluding carboxylic acids is 1. The Morgan fingerprint density at radius 3 is 2.31 bits per heavy atom. The molecule has 0 bridgehead atoms. The van der Waals surface area contributed by atoms with Gasteiger partial charge in [0, 0.05) is 6.42 Å². The molecule has 0 saturated heterocycles.